The summed E-state index contributed by atoms with van der Waals surface area (Å²) in [7, 11) is 0. The minimum absolute atomic E-state index is 0.197. The first-order chi connectivity index (χ1) is 6.68. The Hall–Kier alpha value is -1.62. The van der Waals surface area contributed by atoms with Crippen LogP contribution >= 0.6 is 0 Å². The topological polar surface area (TPSA) is 68.3 Å². The first kappa shape index (κ1) is 8.96. The van der Waals surface area contributed by atoms with Gasteiger partial charge in [0.05, 0.1) is 12.6 Å². The van der Waals surface area contributed by atoms with E-state index in [1.165, 1.54) is 4.57 Å². The molecule has 2 heterocycles. The molecule has 0 aliphatic rings. The van der Waals surface area contributed by atoms with Crippen LogP contribution in [0, 0.1) is 0 Å². The van der Waals surface area contributed by atoms with Crippen molar-refractivity contribution in [3.63, 3.8) is 0 Å². The SMILES string of the molecule is C[C@@H](O)Cn1c(=O)oc2cccnc21. The van der Waals surface area contributed by atoms with Crippen LogP contribution in [0.25, 0.3) is 11.2 Å². The number of hydrogen-bond acceptors (Lipinski definition) is 4. The van der Waals surface area contributed by atoms with Crippen molar-refractivity contribution in [3.8, 4) is 0 Å². The van der Waals surface area contributed by atoms with Crippen LogP contribution in [-0.4, -0.2) is 20.8 Å². The van der Waals surface area contributed by atoms with Gasteiger partial charge in [-0.2, -0.15) is 0 Å². The van der Waals surface area contributed by atoms with Crippen LogP contribution in [-0.2, 0) is 6.54 Å². The fourth-order valence-corrected chi connectivity index (χ4v) is 1.33. The molecule has 5 nitrogen and oxygen atoms in total. The Morgan fingerprint density at radius 1 is 1.71 bits per heavy atom. The van der Waals surface area contributed by atoms with Crippen molar-refractivity contribution < 1.29 is 9.52 Å². The highest BCUT2D eigenvalue weighted by Crippen LogP contribution is 2.08. The van der Waals surface area contributed by atoms with Crippen LogP contribution in [0.3, 0.4) is 0 Å². The van der Waals surface area contributed by atoms with Gasteiger partial charge in [-0.15, -0.1) is 0 Å². The summed E-state index contributed by atoms with van der Waals surface area (Å²) in [4.78, 5) is 15.3. The van der Waals surface area contributed by atoms with Gasteiger partial charge in [0.15, 0.2) is 11.2 Å². The Kier molecular flexibility index (Phi) is 2.09. The van der Waals surface area contributed by atoms with Crippen molar-refractivity contribution in [3.05, 3.63) is 28.9 Å². The lowest BCUT2D eigenvalue weighted by atomic mass is 10.4. The third kappa shape index (κ3) is 1.42. The van der Waals surface area contributed by atoms with Crippen LogP contribution in [0.2, 0.25) is 0 Å². The number of hydrogen-bond donors (Lipinski definition) is 1. The molecule has 0 aliphatic carbocycles. The molecule has 0 fully saturated rings. The summed E-state index contributed by atoms with van der Waals surface area (Å²) in [5.74, 6) is -0.486. The van der Waals surface area contributed by atoms with Crippen LogP contribution in [0.4, 0.5) is 0 Å². The summed E-state index contributed by atoms with van der Waals surface area (Å²) >= 11 is 0. The summed E-state index contributed by atoms with van der Waals surface area (Å²) in [5.41, 5.74) is 0.913. The van der Waals surface area contributed by atoms with Gasteiger partial charge in [-0.3, -0.25) is 4.57 Å². The number of nitrogens with zero attached hydrogens (tertiary/aromatic N) is 2. The molecule has 14 heavy (non-hydrogen) atoms. The van der Waals surface area contributed by atoms with Gasteiger partial charge in [-0.05, 0) is 19.1 Å². The number of pyridine rings is 1. The van der Waals surface area contributed by atoms with Crippen LogP contribution in [0.1, 0.15) is 6.92 Å². The first-order valence-electron chi connectivity index (χ1n) is 4.31. The van der Waals surface area contributed by atoms with Gasteiger partial charge in [0.2, 0.25) is 0 Å². The standard InChI is InChI=1S/C9H10N2O3/c1-6(12)5-11-8-7(14-9(11)13)3-2-4-10-8/h2-4,6,12H,5H2,1H3/t6-/m1/s1. The number of aliphatic hydroxyl groups excluding tert-OH is 1. The molecular weight excluding hydrogens is 184 g/mol. The Bertz CT molecular complexity index is 498. The molecule has 1 atom stereocenters. The van der Waals surface area contributed by atoms with E-state index < -0.39 is 11.9 Å². The minimum Gasteiger partial charge on any atom is -0.406 e. The predicted octanol–water partition coefficient (Wildman–Crippen LogP) is 0.370. The van der Waals surface area contributed by atoms with Gasteiger partial charge in [0.1, 0.15) is 0 Å². The molecule has 0 aliphatic heterocycles. The Labute approximate surface area is 79.6 Å². The normalized spacial score (nSPS) is 13.3. The van der Waals surface area contributed by atoms with Gasteiger partial charge in [0.25, 0.3) is 0 Å². The van der Waals surface area contributed by atoms with Crippen molar-refractivity contribution >= 4 is 11.2 Å². The third-order valence-electron chi connectivity index (χ3n) is 1.87. The van der Waals surface area contributed by atoms with Crippen LogP contribution in [0.5, 0.6) is 0 Å². The molecule has 0 saturated carbocycles. The van der Waals surface area contributed by atoms with Gasteiger partial charge in [0, 0.05) is 6.20 Å². The van der Waals surface area contributed by atoms with E-state index in [9.17, 15) is 9.90 Å². The van der Waals surface area contributed by atoms with Crippen molar-refractivity contribution in [2.75, 3.05) is 0 Å². The van der Waals surface area contributed by atoms with Crippen molar-refractivity contribution in [2.45, 2.75) is 19.6 Å². The van der Waals surface area contributed by atoms with E-state index in [4.69, 9.17) is 4.42 Å². The maximum atomic E-state index is 11.3. The zero-order valence-electron chi connectivity index (χ0n) is 7.67. The molecule has 1 N–H and O–H groups in total. The molecule has 2 aromatic heterocycles. The summed E-state index contributed by atoms with van der Waals surface area (Å²) in [6, 6.07) is 3.36. The zero-order valence-corrected chi connectivity index (χ0v) is 7.67. The highest BCUT2D eigenvalue weighted by Gasteiger charge is 2.10. The maximum absolute atomic E-state index is 11.3. The number of aromatic nitrogens is 2. The van der Waals surface area contributed by atoms with E-state index in [0.717, 1.165) is 0 Å². The van der Waals surface area contributed by atoms with E-state index in [1.807, 2.05) is 0 Å². The summed E-state index contributed by atoms with van der Waals surface area (Å²) in [6.45, 7) is 1.80. The molecule has 0 amide bonds. The number of oxazole rings is 1. The third-order valence-corrected chi connectivity index (χ3v) is 1.87. The highest BCUT2D eigenvalue weighted by molar-refractivity contribution is 5.67. The lowest BCUT2D eigenvalue weighted by Crippen LogP contribution is -2.21. The van der Waals surface area contributed by atoms with Gasteiger partial charge in [-0.25, -0.2) is 9.78 Å². The second kappa shape index (κ2) is 3.26. The average Bonchev–Trinajstić information content (AvgIpc) is 2.43. The van der Waals surface area contributed by atoms with E-state index in [2.05, 4.69) is 4.98 Å². The number of aliphatic hydroxyl groups is 1. The summed E-state index contributed by atoms with van der Waals surface area (Å²) in [5, 5.41) is 9.18. The van der Waals surface area contributed by atoms with Gasteiger partial charge < -0.3 is 9.52 Å². The van der Waals surface area contributed by atoms with Crippen molar-refractivity contribution in [1.29, 1.82) is 0 Å². The zero-order chi connectivity index (χ0) is 10.1. The first-order valence-corrected chi connectivity index (χ1v) is 4.31. The highest BCUT2D eigenvalue weighted by atomic mass is 16.4. The monoisotopic (exact) mass is 194 g/mol. The summed E-state index contributed by atoms with van der Waals surface area (Å²) < 4.78 is 6.25. The molecule has 0 aromatic carbocycles. The lowest BCUT2D eigenvalue weighted by Gasteiger charge is -2.02. The number of rotatable bonds is 2. The fraction of sp³-hybridized carbons (Fsp3) is 0.333. The minimum atomic E-state index is -0.601. The molecule has 0 spiro atoms. The van der Waals surface area contributed by atoms with Gasteiger partial charge in [-0.1, -0.05) is 0 Å². The molecule has 0 radical (unpaired) electrons. The average molecular weight is 194 g/mol. The fourth-order valence-electron chi connectivity index (χ4n) is 1.33. The van der Waals surface area contributed by atoms with E-state index in [-0.39, 0.29) is 6.54 Å². The smallest absolute Gasteiger partial charge is 0.406 e. The van der Waals surface area contributed by atoms with Crippen LogP contribution < -0.4 is 5.76 Å². The second-order valence-corrected chi connectivity index (χ2v) is 3.15. The maximum Gasteiger partial charge on any atom is 0.421 e. The Morgan fingerprint density at radius 3 is 3.21 bits per heavy atom. The molecule has 0 bridgehead atoms. The molecule has 0 saturated heterocycles. The van der Waals surface area contributed by atoms with E-state index in [1.54, 1.807) is 25.3 Å². The van der Waals surface area contributed by atoms with E-state index in [0.29, 0.717) is 11.2 Å². The van der Waals surface area contributed by atoms with E-state index >= 15 is 0 Å². The lowest BCUT2D eigenvalue weighted by molar-refractivity contribution is 0.171. The molecule has 74 valence electrons. The molecule has 5 heteroatoms. The summed E-state index contributed by atoms with van der Waals surface area (Å²) in [6.07, 6.45) is 0.978. The molecular formula is C9H10N2O3. The van der Waals surface area contributed by atoms with Crippen molar-refractivity contribution in [2.24, 2.45) is 0 Å². The molecule has 2 rings (SSSR count). The largest absolute Gasteiger partial charge is 0.421 e. The van der Waals surface area contributed by atoms with Gasteiger partial charge >= 0.3 is 5.76 Å². The molecule has 2 aromatic rings. The Morgan fingerprint density at radius 2 is 2.50 bits per heavy atom. The quantitative estimate of drug-likeness (QED) is 0.749. The van der Waals surface area contributed by atoms with Crippen molar-refractivity contribution in [1.82, 2.24) is 9.55 Å². The van der Waals surface area contributed by atoms with Crippen LogP contribution in [0.15, 0.2) is 27.5 Å². The Balaban J connectivity index is 2.62. The predicted molar refractivity (Wildman–Crippen MR) is 49.9 cm³/mol. The number of fused-ring (bicyclic) bond motifs is 1. The second-order valence-electron chi connectivity index (χ2n) is 3.15. The molecule has 0 unspecified atom stereocenters.